The molecule has 0 bridgehead atoms. The van der Waals surface area contributed by atoms with Crippen LogP contribution in [0.25, 0.3) is 0 Å². The molecule has 8 heteroatoms. The fourth-order valence-electron chi connectivity index (χ4n) is 3.05. The first-order chi connectivity index (χ1) is 12.1. The van der Waals surface area contributed by atoms with Crippen LogP contribution in [0.1, 0.15) is 54.6 Å². The van der Waals surface area contributed by atoms with Gasteiger partial charge in [0.25, 0.3) is 5.91 Å². The van der Waals surface area contributed by atoms with Crippen molar-refractivity contribution in [2.45, 2.75) is 45.7 Å². The van der Waals surface area contributed by atoms with Crippen LogP contribution in [-0.2, 0) is 17.9 Å². The summed E-state index contributed by atoms with van der Waals surface area (Å²) in [6, 6.07) is 1.78. The summed E-state index contributed by atoms with van der Waals surface area (Å²) in [5.74, 6) is 0.957. The van der Waals surface area contributed by atoms with Gasteiger partial charge in [-0.05, 0) is 18.9 Å². The lowest BCUT2D eigenvalue weighted by Crippen LogP contribution is -2.29. The molecular weight excluding hydrogens is 320 g/mol. The Morgan fingerprint density at radius 1 is 1.44 bits per heavy atom. The van der Waals surface area contributed by atoms with Crippen molar-refractivity contribution in [1.82, 2.24) is 30.0 Å². The molecule has 1 fully saturated rings. The zero-order chi connectivity index (χ0) is 17.8. The van der Waals surface area contributed by atoms with Gasteiger partial charge < -0.3 is 15.2 Å². The minimum atomic E-state index is -0.0729. The molecule has 2 aromatic heterocycles. The molecule has 134 valence electrons. The van der Waals surface area contributed by atoms with Crippen molar-refractivity contribution in [1.29, 1.82) is 0 Å². The van der Waals surface area contributed by atoms with Crippen molar-refractivity contribution in [2.24, 2.45) is 0 Å². The Hall–Kier alpha value is -2.64. The van der Waals surface area contributed by atoms with Gasteiger partial charge in [0.2, 0.25) is 5.91 Å². The second-order valence-corrected chi connectivity index (χ2v) is 6.40. The summed E-state index contributed by atoms with van der Waals surface area (Å²) < 4.78 is 1.81. The highest BCUT2D eigenvalue weighted by atomic mass is 16.2. The predicted octanol–water partition coefficient (Wildman–Crippen LogP) is 1.28. The van der Waals surface area contributed by atoms with Crippen LogP contribution in [0.15, 0.2) is 18.5 Å². The number of carbonyl (C=O) groups is 2. The number of hydrogen-bond donors (Lipinski definition) is 2. The highest BCUT2D eigenvalue weighted by Gasteiger charge is 2.30. The molecule has 1 aliphatic rings. The van der Waals surface area contributed by atoms with Gasteiger partial charge in [0, 0.05) is 38.7 Å². The Balaban J connectivity index is 1.59. The van der Waals surface area contributed by atoms with E-state index in [1.807, 2.05) is 15.8 Å². The molecule has 3 heterocycles. The Morgan fingerprint density at radius 2 is 2.28 bits per heavy atom. The summed E-state index contributed by atoms with van der Waals surface area (Å²) in [6.45, 7) is 6.15. The first-order valence-electron chi connectivity index (χ1n) is 8.67. The van der Waals surface area contributed by atoms with E-state index >= 15 is 0 Å². The summed E-state index contributed by atoms with van der Waals surface area (Å²) in [5.41, 5.74) is 1.37. The number of aromatic nitrogens is 4. The van der Waals surface area contributed by atoms with Gasteiger partial charge in [0.15, 0.2) is 0 Å². The van der Waals surface area contributed by atoms with Gasteiger partial charge in [0.05, 0.1) is 18.4 Å². The van der Waals surface area contributed by atoms with Crippen molar-refractivity contribution in [2.75, 3.05) is 13.1 Å². The first kappa shape index (κ1) is 17.2. The zero-order valence-electron chi connectivity index (χ0n) is 14.7. The predicted molar refractivity (Wildman–Crippen MR) is 91.9 cm³/mol. The van der Waals surface area contributed by atoms with Crippen LogP contribution in [0, 0.1) is 0 Å². The number of aryl methyl sites for hydroxylation is 1. The number of amides is 2. The van der Waals surface area contributed by atoms with Crippen LogP contribution in [0.2, 0.25) is 0 Å². The van der Waals surface area contributed by atoms with E-state index in [1.165, 1.54) is 6.92 Å². The molecule has 2 aromatic rings. The number of H-pyrrole nitrogens is 1. The van der Waals surface area contributed by atoms with E-state index in [0.29, 0.717) is 25.3 Å². The minimum absolute atomic E-state index is 0.0256. The van der Waals surface area contributed by atoms with Crippen molar-refractivity contribution in [3.8, 4) is 0 Å². The van der Waals surface area contributed by atoms with Gasteiger partial charge in [-0.1, -0.05) is 6.92 Å². The topological polar surface area (TPSA) is 95.9 Å². The first-order valence-corrected chi connectivity index (χ1v) is 8.67. The SMILES string of the molecule is CCCn1ccc(C(=O)N2CCC(c3ncc(CNC(C)=O)[nH]3)C2)n1. The minimum Gasteiger partial charge on any atom is -0.351 e. The molecule has 25 heavy (non-hydrogen) atoms. The van der Waals surface area contributed by atoms with Crippen LogP contribution in [0.4, 0.5) is 0 Å². The van der Waals surface area contributed by atoms with Gasteiger partial charge in [-0.3, -0.25) is 14.3 Å². The average Bonchev–Trinajstić information content (AvgIpc) is 3.32. The van der Waals surface area contributed by atoms with Gasteiger partial charge >= 0.3 is 0 Å². The lowest BCUT2D eigenvalue weighted by atomic mass is 10.1. The Labute approximate surface area is 146 Å². The molecule has 0 radical (unpaired) electrons. The largest absolute Gasteiger partial charge is 0.351 e. The molecule has 1 unspecified atom stereocenters. The third-order valence-electron chi connectivity index (χ3n) is 4.35. The van der Waals surface area contributed by atoms with E-state index in [4.69, 9.17) is 0 Å². The summed E-state index contributed by atoms with van der Waals surface area (Å²) in [5, 5.41) is 7.09. The van der Waals surface area contributed by atoms with Gasteiger partial charge in [-0.25, -0.2) is 4.98 Å². The number of carbonyl (C=O) groups excluding carboxylic acids is 2. The number of nitrogens with zero attached hydrogens (tertiary/aromatic N) is 4. The molecule has 0 aromatic carbocycles. The highest BCUT2D eigenvalue weighted by Crippen LogP contribution is 2.26. The van der Waals surface area contributed by atoms with E-state index in [9.17, 15) is 9.59 Å². The number of nitrogens with one attached hydrogen (secondary N) is 2. The number of rotatable bonds is 6. The zero-order valence-corrected chi connectivity index (χ0v) is 14.7. The van der Waals surface area contributed by atoms with Crippen molar-refractivity contribution in [3.63, 3.8) is 0 Å². The van der Waals surface area contributed by atoms with Crippen molar-refractivity contribution < 1.29 is 9.59 Å². The van der Waals surface area contributed by atoms with E-state index in [1.54, 1.807) is 12.3 Å². The second kappa shape index (κ2) is 7.50. The summed E-state index contributed by atoms with van der Waals surface area (Å²) in [7, 11) is 0. The number of hydrogen-bond acceptors (Lipinski definition) is 4. The maximum atomic E-state index is 12.6. The Kier molecular flexibility index (Phi) is 5.16. The molecule has 1 saturated heterocycles. The van der Waals surface area contributed by atoms with Gasteiger partial charge in [0.1, 0.15) is 11.5 Å². The monoisotopic (exact) mass is 344 g/mol. The molecule has 3 rings (SSSR count). The molecule has 0 saturated carbocycles. The molecule has 8 nitrogen and oxygen atoms in total. The summed E-state index contributed by atoms with van der Waals surface area (Å²) in [4.78, 5) is 33.1. The third-order valence-corrected chi connectivity index (χ3v) is 4.35. The standard InChI is InChI=1S/C17H24N6O2/c1-3-6-23-8-5-15(21-23)17(25)22-7-4-13(11-22)16-19-10-14(20-16)9-18-12(2)24/h5,8,10,13H,3-4,6-7,9,11H2,1-2H3,(H,18,24)(H,19,20). The van der Waals surface area contributed by atoms with Crippen LogP contribution < -0.4 is 5.32 Å². The van der Waals surface area contributed by atoms with Gasteiger partial charge in [-0.15, -0.1) is 0 Å². The lowest BCUT2D eigenvalue weighted by Gasteiger charge is -2.14. The fourth-order valence-corrected chi connectivity index (χ4v) is 3.05. The molecule has 1 aliphatic heterocycles. The third kappa shape index (κ3) is 4.07. The Bertz CT molecular complexity index is 750. The van der Waals surface area contributed by atoms with Crippen LogP contribution in [-0.4, -0.2) is 49.6 Å². The molecule has 0 aliphatic carbocycles. The van der Waals surface area contributed by atoms with Crippen molar-refractivity contribution >= 4 is 11.8 Å². The fraction of sp³-hybridized carbons (Fsp3) is 0.529. The second-order valence-electron chi connectivity index (χ2n) is 6.40. The molecule has 0 spiro atoms. The molecule has 2 amide bonds. The van der Waals surface area contributed by atoms with E-state index in [0.717, 1.165) is 30.9 Å². The normalized spacial score (nSPS) is 17.0. The Morgan fingerprint density at radius 3 is 3.04 bits per heavy atom. The number of likely N-dealkylation sites (tertiary alicyclic amines) is 1. The van der Waals surface area contributed by atoms with Crippen LogP contribution in [0.5, 0.6) is 0 Å². The van der Waals surface area contributed by atoms with Crippen LogP contribution in [0.3, 0.4) is 0 Å². The molecule has 1 atom stereocenters. The smallest absolute Gasteiger partial charge is 0.274 e. The average molecular weight is 344 g/mol. The number of imidazole rings is 1. The van der Waals surface area contributed by atoms with E-state index in [2.05, 4.69) is 27.3 Å². The maximum absolute atomic E-state index is 12.6. The summed E-state index contributed by atoms with van der Waals surface area (Å²) in [6.07, 6.45) is 5.45. The lowest BCUT2D eigenvalue weighted by molar-refractivity contribution is -0.119. The van der Waals surface area contributed by atoms with E-state index in [-0.39, 0.29) is 17.7 Å². The van der Waals surface area contributed by atoms with Crippen LogP contribution >= 0.6 is 0 Å². The van der Waals surface area contributed by atoms with Crippen molar-refractivity contribution in [3.05, 3.63) is 35.7 Å². The van der Waals surface area contributed by atoms with E-state index < -0.39 is 0 Å². The maximum Gasteiger partial charge on any atom is 0.274 e. The summed E-state index contributed by atoms with van der Waals surface area (Å²) >= 11 is 0. The molecular formula is C17H24N6O2. The molecule has 2 N–H and O–H groups in total. The van der Waals surface area contributed by atoms with Gasteiger partial charge in [-0.2, -0.15) is 5.10 Å². The quantitative estimate of drug-likeness (QED) is 0.825. The highest BCUT2D eigenvalue weighted by molar-refractivity contribution is 5.92. The number of aromatic amines is 1.